The SMILES string of the molecule is Cc1ccc(C(O)(c2ccc(C)cc2)c2ccccc2NN=C(C#N)C#N)cc1. The van der Waals surface area contributed by atoms with E-state index in [9.17, 15) is 5.11 Å². The second-order valence-electron chi connectivity index (χ2n) is 6.78. The van der Waals surface area contributed by atoms with Crippen LogP contribution in [0.4, 0.5) is 5.69 Å². The zero-order valence-electron chi connectivity index (χ0n) is 16.2. The molecule has 0 aromatic heterocycles. The topological polar surface area (TPSA) is 92.2 Å². The molecule has 0 aliphatic heterocycles. The molecule has 0 saturated carbocycles. The number of hydrogen-bond donors (Lipinski definition) is 2. The number of anilines is 1. The fourth-order valence-electron chi connectivity index (χ4n) is 3.15. The van der Waals surface area contributed by atoms with Gasteiger partial charge < -0.3 is 5.11 Å². The molecule has 0 atom stereocenters. The van der Waals surface area contributed by atoms with E-state index in [2.05, 4.69) is 10.5 Å². The van der Waals surface area contributed by atoms with E-state index >= 15 is 0 Å². The molecule has 0 bridgehead atoms. The van der Waals surface area contributed by atoms with E-state index in [4.69, 9.17) is 10.5 Å². The second-order valence-corrected chi connectivity index (χ2v) is 6.78. The average Bonchev–Trinajstić information content (AvgIpc) is 2.75. The van der Waals surface area contributed by atoms with Crippen LogP contribution in [0, 0.1) is 36.5 Å². The van der Waals surface area contributed by atoms with Gasteiger partial charge in [-0.25, -0.2) is 0 Å². The Kier molecular flexibility index (Phi) is 5.74. The Bertz CT molecular complexity index is 1060. The van der Waals surface area contributed by atoms with Gasteiger partial charge in [-0.05, 0) is 31.0 Å². The Morgan fingerprint density at radius 3 is 1.79 bits per heavy atom. The van der Waals surface area contributed by atoms with Crippen molar-refractivity contribution in [1.29, 1.82) is 10.5 Å². The molecule has 0 aliphatic carbocycles. The smallest absolute Gasteiger partial charge is 0.237 e. The quantitative estimate of drug-likeness (QED) is 0.390. The summed E-state index contributed by atoms with van der Waals surface area (Å²) in [6.45, 7) is 3.98. The zero-order chi connectivity index (χ0) is 20.9. The van der Waals surface area contributed by atoms with Crippen molar-refractivity contribution in [1.82, 2.24) is 0 Å². The van der Waals surface area contributed by atoms with E-state index in [0.717, 1.165) is 11.1 Å². The summed E-state index contributed by atoms with van der Waals surface area (Å²) in [5, 5.41) is 33.8. The number of nitrogens with zero attached hydrogens (tertiary/aromatic N) is 3. The fraction of sp³-hybridized carbons (Fsp3) is 0.125. The van der Waals surface area contributed by atoms with E-state index in [0.29, 0.717) is 22.4 Å². The van der Waals surface area contributed by atoms with Crippen molar-refractivity contribution in [2.75, 3.05) is 5.43 Å². The normalized spacial score (nSPS) is 10.5. The van der Waals surface area contributed by atoms with Gasteiger partial charge in [-0.15, -0.1) is 0 Å². The molecule has 0 aliphatic rings. The number of para-hydroxylation sites is 1. The number of aliphatic hydroxyl groups is 1. The molecule has 3 aromatic rings. The highest BCUT2D eigenvalue weighted by Gasteiger charge is 2.35. The maximum Gasteiger partial charge on any atom is 0.237 e. The van der Waals surface area contributed by atoms with Gasteiger partial charge in [0.25, 0.3) is 0 Å². The van der Waals surface area contributed by atoms with Gasteiger partial charge in [-0.2, -0.15) is 15.6 Å². The summed E-state index contributed by atoms with van der Waals surface area (Å²) >= 11 is 0. The van der Waals surface area contributed by atoms with Crippen molar-refractivity contribution in [2.24, 2.45) is 5.10 Å². The molecular weight excluding hydrogens is 360 g/mol. The summed E-state index contributed by atoms with van der Waals surface area (Å²) in [5.41, 5.74) is 5.64. The first kappa shape index (κ1) is 19.8. The van der Waals surface area contributed by atoms with Crippen LogP contribution in [0.3, 0.4) is 0 Å². The van der Waals surface area contributed by atoms with Crippen molar-refractivity contribution >= 4 is 11.4 Å². The van der Waals surface area contributed by atoms with Crippen LogP contribution >= 0.6 is 0 Å². The molecule has 0 saturated heterocycles. The summed E-state index contributed by atoms with van der Waals surface area (Å²) in [6.07, 6.45) is 0. The van der Waals surface area contributed by atoms with Crippen LogP contribution in [0.15, 0.2) is 77.9 Å². The number of nitrogens with one attached hydrogen (secondary N) is 1. The monoisotopic (exact) mass is 380 g/mol. The Labute approximate surface area is 170 Å². The molecule has 0 heterocycles. The molecule has 5 heteroatoms. The fourth-order valence-corrected chi connectivity index (χ4v) is 3.15. The Morgan fingerprint density at radius 1 is 0.828 bits per heavy atom. The lowest BCUT2D eigenvalue weighted by atomic mass is 9.79. The third kappa shape index (κ3) is 4.01. The lowest BCUT2D eigenvalue weighted by Gasteiger charge is -2.32. The Hall–Kier alpha value is -3.93. The van der Waals surface area contributed by atoms with Gasteiger partial charge in [0.15, 0.2) is 0 Å². The largest absolute Gasteiger partial charge is 0.376 e. The lowest BCUT2D eigenvalue weighted by Crippen LogP contribution is -2.29. The van der Waals surface area contributed by atoms with Crippen LogP contribution in [-0.2, 0) is 5.60 Å². The first-order valence-corrected chi connectivity index (χ1v) is 9.09. The molecule has 2 N–H and O–H groups in total. The summed E-state index contributed by atoms with van der Waals surface area (Å²) in [6, 6.07) is 26.0. The molecule has 29 heavy (non-hydrogen) atoms. The lowest BCUT2D eigenvalue weighted by molar-refractivity contribution is 0.126. The minimum Gasteiger partial charge on any atom is -0.376 e. The van der Waals surface area contributed by atoms with Gasteiger partial charge in [-0.3, -0.25) is 5.43 Å². The van der Waals surface area contributed by atoms with Gasteiger partial charge in [0, 0.05) is 5.56 Å². The van der Waals surface area contributed by atoms with Gasteiger partial charge in [0.2, 0.25) is 5.71 Å². The van der Waals surface area contributed by atoms with Crippen LogP contribution in [0.2, 0.25) is 0 Å². The molecule has 0 spiro atoms. The summed E-state index contributed by atoms with van der Waals surface area (Å²) < 4.78 is 0. The van der Waals surface area contributed by atoms with E-state index in [-0.39, 0.29) is 5.71 Å². The van der Waals surface area contributed by atoms with Gasteiger partial charge >= 0.3 is 0 Å². The molecule has 142 valence electrons. The number of nitriles is 2. The molecule has 0 unspecified atom stereocenters. The first-order valence-electron chi connectivity index (χ1n) is 9.09. The first-order chi connectivity index (χ1) is 14.0. The molecule has 3 aromatic carbocycles. The number of hydrazone groups is 1. The maximum absolute atomic E-state index is 12.0. The average molecular weight is 380 g/mol. The third-order valence-electron chi connectivity index (χ3n) is 4.76. The highest BCUT2D eigenvalue weighted by Crippen LogP contribution is 2.40. The van der Waals surface area contributed by atoms with Crippen LogP contribution in [-0.4, -0.2) is 10.8 Å². The number of aryl methyl sites for hydroxylation is 2. The minimum atomic E-state index is -1.46. The zero-order valence-corrected chi connectivity index (χ0v) is 16.2. The maximum atomic E-state index is 12.0. The molecule has 0 radical (unpaired) electrons. The van der Waals surface area contributed by atoms with Gasteiger partial charge in [0.1, 0.15) is 17.7 Å². The highest BCUT2D eigenvalue weighted by atomic mass is 16.3. The molecule has 3 rings (SSSR count). The summed E-state index contributed by atoms with van der Waals surface area (Å²) in [4.78, 5) is 0. The van der Waals surface area contributed by atoms with Crippen molar-refractivity contribution in [3.05, 3.63) is 101 Å². The predicted molar refractivity (Wildman–Crippen MR) is 113 cm³/mol. The molecule has 0 fully saturated rings. The second kappa shape index (κ2) is 8.39. The summed E-state index contributed by atoms with van der Waals surface area (Å²) in [5.74, 6) is 0. The van der Waals surface area contributed by atoms with Crippen LogP contribution in [0.1, 0.15) is 27.8 Å². The number of rotatable bonds is 5. The van der Waals surface area contributed by atoms with Crippen molar-refractivity contribution in [3.8, 4) is 12.1 Å². The molecule has 5 nitrogen and oxygen atoms in total. The number of benzene rings is 3. The predicted octanol–water partition coefficient (Wildman–Crippen LogP) is 4.40. The highest BCUT2D eigenvalue weighted by molar-refractivity contribution is 6.10. The van der Waals surface area contributed by atoms with Crippen LogP contribution in [0.5, 0.6) is 0 Å². The number of hydrogen-bond acceptors (Lipinski definition) is 5. The van der Waals surface area contributed by atoms with E-state index in [1.807, 2.05) is 68.4 Å². The summed E-state index contributed by atoms with van der Waals surface area (Å²) in [7, 11) is 0. The standard InChI is InChI=1S/C24H20N4O/c1-17-7-11-19(12-8-17)24(29,20-13-9-18(2)10-14-20)22-5-3-4-6-23(22)28-27-21(15-25)16-26/h3-14,28-29H,1-2H3. The van der Waals surface area contributed by atoms with E-state index in [1.54, 1.807) is 30.3 Å². The van der Waals surface area contributed by atoms with E-state index in [1.165, 1.54) is 0 Å². The van der Waals surface area contributed by atoms with Crippen LogP contribution < -0.4 is 5.43 Å². The van der Waals surface area contributed by atoms with Gasteiger partial charge in [-0.1, -0.05) is 77.9 Å². The minimum absolute atomic E-state index is 0.297. The van der Waals surface area contributed by atoms with Gasteiger partial charge in [0.05, 0.1) is 5.69 Å². The molecule has 0 amide bonds. The van der Waals surface area contributed by atoms with E-state index < -0.39 is 5.60 Å². The Morgan fingerprint density at radius 2 is 1.31 bits per heavy atom. The van der Waals surface area contributed by atoms with Crippen molar-refractivity contribution in [2.45, 2.75) is 19.4 Å². The molecular formula is C24H20N4O. The van der Waals surface area contributed by atoms with Crippen molar-refractivity contribution < 1.29 is 5.11 Å². The third-order valence-corrected chi connectivity index (χ3v) is 4.76. The van der Waals surface area contributed by atoms with Crippen LogP contribution in [0.25, 0.3) is 0 Å². The Balaban J connectivity index is 2.22. The van der Waals surface area contributed by atoms with Crippen molar-refractivity contribution in [3.63, 3.8) is 0 Å².